The van der Waals surface area contributed by atoms with Crippen LogP contribution in [0.15, 0.2) is 12.3 Å². The van der Waals surface area contributed by atoms with E-state index in [0.29, 0.717) is 21.9 Å². The number of carbonyl (C=O) groups is 1. The van der Waals surface area contributed by atoms with Gasteiger partial charge in [-0.3, -0.25) is 9.69 Å². The lowest BCUT2D eigenvalue weighted by Crippen LogP contribution is -2.39. The number of amides is 1. The number of fused-ring (bicyclic) bond motifs is 1. The molecule has 8 heteroatoms. The third kappa shape index (κ3) is 3.28. The number of aromatic nitrogens is 2. The zero-order chi connectivity index (χ0) is 14.7. The summed E-state index contributed by atoms with van der Waals surface area (Å²) in [6.07, 6.45) is 1.58. The highest BCUT2D eigenvalue weighted by atomic mass is 32.2. The summed E-state index contributed by atoms with van der Waals surface area (Å²) in [7, 11) is 0. The number of anilines is 1. The number of nitrogens with two attached hydrogens (primary N) is 1. The third-order valence-electron chi connectivity index (χ3n) is 3.44. The van der Waals surface area contributed by atoms with Gasteiger partial charge >= 0.3 is 0 Å². The molecular weight excluding hydrogens is 306 g/mol. The summed E-state index contributed by atoms with van der Waals surface area (Å²) in [5.74, 6) is 2.23. The van der Waals surface area contributed by atoms with Crippen molar-refractivity contribution in [2.45, 2.75) is 0 Å². The molecule has 1 fully saturated rings. The minimum absolute atomic E-state index is 0.123. The fourth-order valence-electron chi connectivity index (χ4n) is 2.27. The van der Waals surface area contributed by atoms with E-state index in [1.165, 1.54) is 22.8 Å². The van der Waals surface area contributed by atoms with Gasteiger partial charge < -0.3 is 11.1 Å². The molecule has 112 valence electrons. The molecule has 0 aromatic carbocycles. The molecule has 0 atom stereocenters. The Kier molecular flexibility index (Phi) is 4.57. The summed E-state index contributed by atoms with van der Waals surface area (Å²) in [5.41, 5.74) is 6.52. The van der Waals surface area contributed by atoms with Crippen molar-refractivity contribution in [2.24, 2.45) is 0 Å². The number of nitrogen functional groups attached to an aromatic ring is 1. The van der Waals surface area contributed by atoms with Crippen LogP contribution in [0.2, 0.25) is 0 Å². The van der Waals surface area contributed by atoms with E-state index in [1.54, 1.807) is 12.3 Å². The molecule has 1 saturated heterocycles. The summed E-state index contributed by atoms with van der Waals surface area (Å²) in [5, 5.41) is 11.6. The second-order valence-corrected chi connectivity index (χ2v) is 7.03. The molecular formula is C13H17N5OS2. The lowest BCUT2D eigenvalue weighted by Gasteiger charge is -2.25. The number of thioether (sulfide) groups is 1. The SMILES string of the molecule is Nc1c(C(=O)NCCN2CCSCC2)sc2nnccc12. The van der Waals surface area contributed by atoms with E-state index in [2.05, 4.69) is 20.4 Å². The van der Waals surface area contributed by atoms with Crippen LogP contribution in [-0.2, 0) is 0 Å². The number of rotatable bonds is 4. The van der Waals surface area contributed by atoms with Crippen molar-refractivity contribution in [3.63, 3.8) is 0 Å². The first-order chi connectivity index (χ1) is 10.3. The van der Waals surface area contributed by atoms with Gasteiger partial charge in [0.05, 0.1) is 11.9 Å². The molecule has 2 aromatic rings. The normalized spacial score (nSPS) is 16.2. The maximum Gasteiger partial charge on any atom is 0.263 e. The molecule has 1 aliphatic rings. The van der Waals surface area contributed by atoms with Gasteiger partial charge in [0.25, 0.3) is 5.91 Å². The highest BCUT2D eigenvalue weighted by Crippen LogP contribution is 2.31. The number of thiophene rings is 1. The van der Waals surface area contributed by atoms with Crippen molar-refractivity contribution in [2.75, 3.05) is 43.4 Å². The van der Waals surface area contributed by atoms with Crippen LogP contribution in [0.1, 0.15) is 9.67 Å². The Labute approximate surface area is 131 Å². The van der Waals surface area contributed by atoms with Gasteiger partial charge in [-0.05, 0) is 6.07 Å². The molecule has 2 aromatic heterocycles. The van der Waals surface area contributed by atoms with E-state index in [9.17, 15) is 4.79 Å². The van der Waals surface area contributed by atoms with Crippen LogP contribution in [0.5, 0.6) is 0 Å². The van der Waals surface area contributed by atoms with E-state index < -0.39 is 0 Å². The molecule has 0 unspecified atom stereocenters. The van der Waals surface area contributed by atoms with Crippen molar-refractivity contribution in [1.29, 1.82) is 0 Å². The summed E-state index contributed by atoms with van der Waals surface area (Å²) >= 11 is 3.27. The summed E-state index contributed by atoms with van der Waals surface area (Å²) in [6, 6.07) is 1.79. The van der Waals surface area contributed by atoms with Gasteiger partial charge in [-0.1, -0.05) is 0 Å². The Hall–Kier alpha value is -1.38. The monoisotopic (exact) mass is 323 g/mol. The number of hydrogen-bond acceptors (Lipinski definition) is 7. The molecule has 0 spiro atoms. The second kappa shape index (κ2) is 6.59. The molecule has 1 aliphatic heterocycles. The Balaban J connectivity index is 1.60. The van der Waals surface area contributed by atoms with Gasteiger partial charge in [-0.15, -0.1) is 16.4 Å². The molecule has 3 heterocycles. The van der Waals surface area contributed by atoms with Crippen LogP contribution in [0, 0.1) is 0 Å². The van der Waals surface area contributed by atoms with Crippen LogP contribution in [0.25, 0.3) is 10.2 Å². The fraction of sp³-hybridized carbons (Fsp3) is 0.462. The molecule has 0 radical (unpaired) electrons. The minimum atomic E-state index is -0.123. The van der Waals surface area contributed by atoms with Crippen LogP contribution in [-0.4, -0.2) is 58.7 Å². The van der Waals surface area contributed by atoms with Gasteiger partial charge in [0, 0.05) is 43.1 Å². The van der Waals surface area contributed by atoms with E-state index >= 15 is 0 Å². The minimum Gasteiger partial charge on any atom is -0.397 e. The first-order valence-corrected chi connectivity index (χ1v) is 8.81. The van der Waals surface area contributed by atoms with E-state index in [4.69, 9.17) is 5.73 Å². The lowest BCUT2D eigenvalue weighted by atomic mass is 10.3. The molecule has 0 aliphatic carbocycles. The first kappa shape index (κ1) is 14.6. The maximum absolute atomic E-state index is 12.2. The largest absolute Gasteiger partial charge is 0.397 e. The molecule has 3 rings (SSSR count). The van der Waals surface area contributed by atoms with Gasteiger partial charge in [-0.2, -0.15) is 16.9 Å². The lowest BCUT2D eigenvalue weighted by molar-refractivity contribution is 0.0954. The number of nitrogens with zero attached hydrogens (tertiary/aromatic N) is 3. The molecule has 6 nitrogen and oxygen atoms in total. The topological polar surface area (TPSA) is 84.1 Å². The smallest absolute Gasteiger partial charge is 0.263 e. The highest BCUT2D eigenvalue weighted by Gasteiger charge is 2.17. The third-order valence-corrected chi connectivity index (χ3v) is 5.49. The number of carbonyl (C=O) groups excluding carboxylic acids is 1. The summed E-state index contributed by atoms with van der Waals surface area (Å²) in [4.78, 5) is 15.8. The molecule has 21 heavy (non-hydrogen) atoms. The second-order valence-electron chi connectivity index (χ2n) is 4.80. The van der Waals surface area contributed by atoms with Gasteiger partial charge in [0.1, 0.15) is 9.71 Å². The zero-order valence-electron chi connectivity index (χ0n) is 11.5. The van der Waals surface area contributed by atoms with Gasteiger partial charge in [0.2, 0.25) is 0 Å². The Morgan fingerprint density at radius 3 is 3.00 bits per heavy atom. The first-order valence-electron chi connectivity index (χ1n) is 6.83. The van der Waals surface area contributed by atoms with E-state index in [-0.39, 0.29) is 5.91 Å². The standard InChI is InChI=1S/C13H17N5OS2/c14-10-9-1-2-16-17-13(9)21-11(10)12(19)15-3-4-18-5-7-20-8-6-18/h1-2H,3-8,14H2,(H,15,19). The Morgan fingerprint density at radius 1 is 1.43 bits per heavy atom. The average Bonchev–Trinajstić information content (AvgIpc) is 2.86. The van der Waals surface area contributed by atoms with E-state index in [1.807, 2.05) is 11.8 Å². The molecule has 3 N–H and O–H groups in total. The summed E-state index contributed by atoms with van der Waals surface area (Å²) in [6.45, 7) is 3.72. The van der Waals surface area contributed by atoms with Crippen LogP contribution >= 0.6 is 23.1 Å². The number of hydrogen-bond donors (Lipinski definition) is 2. The predicted molar refractivity (Wildman–Crippen MR) is 87.9 cm³/mol. The van der Waals surface area contributed by atoms with Crippen molar-refractivity contribution < 1.29 is 4.79 Å². The molecule has 1 amide bonds. The zero-order valence-corrected chi connectivity index (χ0v) is 13.2. The average molecular weight is 323 g/mol. The molecule has 0 saturated carbocycles. The van der Waals surface area contributed by atoms with Gasteiger partial charge in [-0.25, -0.2) is 0 Å². The van der Waals surface area contributed by atoms with Gasteiger partial charge in [0.15, 0.2) is 0 Å². The van der Waals surface area contributed by atoms with Crippen molar-refractivity contribution >= 4 is 44.9 Å². The molecule has 0 bridgehead atoms. The predicted octanol–water partition coefficient (Wildman–Crippen LogP) is 1.05. The number of nitrogens with one attached hydrogen (secondary N) is 1. The maximum atomic E-state index is 12.2. The van der Waals surface area contributed by atoms with Crippen LogP contribution in [0.3, 0.4) is 0 Å². The Morgan fingerprint density at radius 2 is 2.24 bits per heavy atom. The van der Waals surface area contributed by atoms with Crippen molar-refractivity contribution in [3.05, 3.63) is 17.1 Å². The summed E-state index contributed by atoms with van der Waals surface area (Å²) < 4.78 is 0. The van der Waals surface area contributed by atoms with Crippen LogP contribution < -0.4 is 11.1 Å². The van der Waals surface area contributed by atoms with Crippen molar-refractivity contribution in [3.8, 4) is 0 Å². The van der Waals surface area contributed by atoms with Crippen LogP contribution in [0.4, 0.5) is 5.69 Å². The Bertz CT molecular complexity index is 639. The fourth-order valence-corrected chi connectivity index (χ4v) is 4.21. The van der Waals surface area contributed by atoms with E-state index in [0.717, 1.165) is 25.0 Å². The van der Waals surface area contributed by atoms with Crippen molar-refractivity contribution in [1.82, 2.24) is 20.4 Å². The highest BCUT2D eigenvalue weighted by molar-refractivity contribution is 7.99. The quantitative estimate of drug-likeness (QED) is 0.875.